The number of fused-ring (bicyclic) bond motifs is 1. The summed E-state index contributed by atoms with van der Waals surface area (Å²) >= 11 is 0. The third-order valence-electron chi connectivity index (χ3n) is 2.73. The molecule has 94 valence electrons. The van der Waals surface area contributed by atoms with Gasteiger partial charge < -0.3 is 9.47 Å². The topological polar surface area (TPSA) is 57.5 Å². The number of esters is 1. The Kier molecular flexibility index (Phi) is 3.32. The van der Waals surface area contributed by atoms with Crippen LogP contribution in [0.4, 0.5) is 4.79 Å². The molecule has 1 heterocycles. The molecule has 0 unspecified atom stereocenters. The molecule has 0 bridgehead atoms. The van der Waals surface area contributed by atoms with Gasteiger partial charge in [0, 0.05) is 11.6 Å². The number of nitrogens with zero attached hydrogens (tertiary/aromatic N) is 1. The van der Waals surface area contributed by atoms with Crippen LogP contribution in [0.5, 0.6) is 0 Å². The van der Waals surface area contributed by atoms with Crippen LogP contribution in [-0.2, 0) is 20.7 Å². The van der Waals surface area contributed by atoms with E-state index in [1.54, 1.807) is 12.3 Å². The lowest BCUT2D eigenvalue weighted by molar-refractivity contribution is -0.139. The molecule has 0 aliphatic carbocycles. The number of hydrogen-bond acceptors (Lipinski definition) is 4. The maximum absolute atomic E-state index is 11.6. The molecule has 5 nitrogen and oxygen atoms in total. The fourth-order valence-corrected chi connectivity index (χ4v) is 1.87. The zero-order valence-corrected chi connectivity index (χ0v) is 10.2. The summed E-state index contributed by atoms with van der Waals surface area (Å²) < 4.78 is 10.7. The predicted octanol–water partition coefficient (Wildman–Crippen LogP) is 1.97. The van der Waals surface area contributed by atoms with Crippen molar-refractivity contribution in [1.29, 1.82) is 0 Å². The van der Waals surface area contributed by atoms with Crippen molar-refractivity contribution >= 4 is 23.0 Å². The second-order valence-electron chi connectivity index (χ2n) is 3.76. The number of methoxy groups -OCH3 is 2. The summed E-state index contributed by atoms with van der Waals surface area (Å²) in [4.78, 5) is 22.9. The summed E-state index contributed by atoms with van der Waals surface area (Å²) in [6.45, 7) is 0. The molecule has 2 aromatic rings. The summed E-state index contributed by atoms with van der Waals surface area (Å²) in [6, 6.07) is 7.33. The Morgan fingerprint density at radius 1 is 1.17 bits per heavy atom. The van der Waals surface area contributed by atoms with Gasteiger partial charge in [-0.2, -0.15) is 0 Å². The highest BCUT2D eigenvalue weighted by Gasteiger charge is 2.15. The Labute approximate surface area is 104 Å². The van der Waals surface area contributed by atoms with Gasteiger partial charge in [-0.05, 0) is 11.6 Å². The van der Waals surface area contributed by atoms with Gasteiger partial charge in [0.1, 0.15) is 0 Å². The van der Waals surface area contributed by atoms with Gasteiger partial charge >= 0.3 is 12.1 Å². The standard InChI is InChI=1S/C13H13NO4/c1-17-12(15)7-9-8-14(13(16)18-2)11-6-4-3-5-10(9)11/h3-6,8H,7H2,1-2H3. The van der Waals surface area contributed by atoms with Gasteiger partial charge in [0.15, 0.2) is 0 Å². The Morgan fingerprint density at radius 2 is 1.89 bits per heavy atom. The first-order valence-electron chi connectivity index (χ1n) is 5.41. The van der Waals surface area contributed by atoms with Crippen molar-refractivity contribution in [2.45, 2.75) is 6.42 Å². The number of aromatic nitrogens is 1. The normalized spacial score (nSPS) is 10.3. The smallest absolute Gasteiger partial charge is 0.418 e. The third-order valence-corrected chi connectivity index (χ3v) is 2.73. The van der Waals surface area contributed by atoms with Crippen molar-refractivity contribution in [1.82, 2.24) is 4.57 Å². The molecule has 0 N–H and O–H groups in total. The Hall–Kier alpha value is -2.30. The Balaban J connectivity index is 2.54. The van der Waals surface area contributed by atoms with E-state index in [0.29, 0.717) is 5.52 Å². The lowest BCUT2D eigenvalue weighted by atomic mass is 10.1. The average Bonchev–Trinajstić information content (AvgIpc) is 2.77. The van der Waals surface area contributed by atoms with E-state index in [9.17, 15) is 9.59 Å². The first-order chi connectivity index (χ1) is 8.67. The molecule has 0 radical (unpaired) electrons. The number of hydrogen-bond donors (Lipinski definition) is 0. The van der Waals surface area contributed by atoms with Gasteiger partial charge in [0.05, 0.1) is 26.2 Å². The highest BCUT2D eigenvalue weighted by atomic mass is 16.5. The molecule has 0 aliphatic rings. The number of rotatable bonds is 2. The highest BCUT2D eigenvalue weighted by Crippen LogP contribution is 2.22. The monoisotopic (exact) mass is 247 g/mol. The van der Waals surface area contributed by atoms with Crippen LogP contribution in [0, 0.1) is 0 Å². The van der Waals surface area contributed by atoms with Gasteiger partial charge in [0.25, 0.3) is 0 Å². The Bertz CT molecular complexity index is 600. The van der Waals surface area contributed by atoms with Crippen molar-refractivity contribution in [2.75, 3.05) is 14.2 Å². The second-order valence-corrected chi connectivity index (χ2v) is 3.76. The van der Waals surface area contributed by atoms with Crippen LogP contribution in [0.2, 0.25) is 0 Å². The summed E-state index contributed by atoms with van der Waals surface area (Å²) in [7, 11) is 2.65. The molecule has 1 aromatic carbocycles. The van der Waals surface area contributed by atoms with Crippen LogP contribution < -0.4 is 0 Å². The molecule has 0 fully saturated rings. The van der Waals surface area contributed by atoms with Crippen LogP contribution in [0.3, 0.4) is 0 Å². The van der Waals surface area contributed by atoms with E-state index in [4.69, 9.17) is 4.74 Å². The van der Waals surface area contributed by atoms with E-state index >= 15 is 0 Å². The van der Waals surface area contributed by atoms with E-state index < -0.39 is 6.09 Å². The van der Waals surface area contributed by atoms with Gasteiger partial charge in [-0.1, -0.05) is 18.2 Å². The number of carbonyl (C=O) groups is 2. The summed E-state index contributed by atoms with van der Waals surface area (Å²) in [5, 5.41) is 0.841. The molecule has 1 aromatic heterocycles. The quantitative estimate of drug-likeness (QED) is 0.761. The molecular weight excluding hydrogens is 234 g/mol. The van der Waals surface area contributed by atoms with Gasteiger partial charge in [-0.3, -0.25) is 9.36 Å². The minimum absolute atomic E-state index is 0.126. The fourth-order valence-electron chi connectivity index (χ4n) is 1.87. The van der Waals surface area contributed by atoms with Gasteiger partial charge in [-0.25, -0.2) is 4.79 Å². The van der Waals surface area contributed by atoms with Crippen LogP contribution in [0.15, 0.2) is 30.5 Å². The maximum Gasteiger partial charge on any atom is 0.418 e. The second kappa shape index (κ2) is 4.91. The molecule has 0 amide bonds. The summed E-state index contributed by atoms with van der Waals surface area (Å²) in [5.41, 5.74) is 1.45. The lowest BCUT2D eigenvalue weighted by Crippen LogP contribution is -2.10. The summed E-state index contributed by atoms with van der Waals surface area (Å²) in [5.74, 6) is -0.345. The third kappa shape index (κ3) is 2.07. The molecule has 0 atom stereocenters. The van der Waals surface area contributed by atoms with E-state index in [2.05, 4.69) is 4.74 Å². The molecule has 2 rings (SSSR count). The molecule has 0 aliphatic heterocycles. The SMILES string of the molecule is COC(=O)Cc1cn(C(=O)OC)c2ccccc12. The maximum atomic E-state index is 11.6. The first-order valence-corrected chi connectivity index (χ1v) is 5.41. The van der Waals surface area contributed by atoms with Crippen LogP contribution in [0.1, 0.15) is 5.56 Å². The number of ether oxygens (including phenoxy) is 2. The lowest BCUT2D eigenvalue weighted by Gasteiger charge is -2.00. The fraction of sp³-hybridized carbons (Fsp3) is 0.231. The van der Waals surface area contributed by atoms with Gasteiger partial charge in [0.2, 0.25) is 0 Å². The molecular formula is C13H13NO4. The largest absolute Gasteiger partial charge is 0.469 e. The highest BCUT2D eigenvalue weighted by molar-refractivity contribution is 5.93. The minimum Gasteiger partial charge on any atom is -0.469 e. The minimum atomic E-state index is -0.484. The van der Waals surface area contributed by atoms with Crippen molar-refractivity contribution in [3.8, 4) is 0 Å². The van der Waals surface area contributed by atoms with Crippen molar-refractivity contribution in [2.24, 2.45) is 0 Å². The van der Waals surface area contributed by atoms with Crippen LogP contribution >= 0.6 is 0 Å². The average molecular weight is 247 g/mol. The van der Waals surface area contributed by atoms with E-state index in [1.807, 2.05) is 18.2 Å². The van der Waals surface area contributed by atoms with Crippen molar-refractivity contribution in [3.05, 3.63) is 36.0 Å². The zero-order valence-electron chi connectivity index (χ0n) is 10.2. The summed E-state index contributed by atoms with van der Waals surface area (Å²) in [6.07, 6.45) is 1.25. The number of carbonyl (C=O) groups excluding carboxylic acids is 2. The van der Waals surface area contributed by atoms with E-state index in [1.165, 1.54) is 18.8 Å². The Morgan fingerprint density at radius 3 is 2.56 bits per heavy atom. The van der Waals surface area contributed by atoms with Crippen LogP contribution in [0.25, 0.3) is 10.9 Å². The van der Waals surface area contributed by atoms with E-state index in [0.717, 1.165) is 10.9 Å². The van der Waals surface area contributed by atoms with Crippen LogP contribution in [-0.4, -0.2) is 30.8 Å². The van der Waals surface area contributed by atoms with Crippen molar-refractivity contribution < 1.29 is 19.1 Å². The number of para-hydroxylation sites is 1. The molecule has 18 heavy (non-hydrogen) atoms. The first kappa shape index (κ1) is 12.2. The van der Waals surface area contributed by atoms with Crippen molar-refractivity contribution in [3.63, 3.8) is 0 Å². The van der Waals surface area contributed by atoms with E-state index in [-0.39, 0.29) is 12.4 Å². The molecule has 0 saturated carbocycles. The number of benzene rings is 1. The molecule has 5 heteroatoms. The zero-order chi connectivity index (χ0) is 13.1. The molecule has 0 spiro atoms. The van der Waals surface area contributed by atoms with Gasteiger partial charge in [-0.15, -0.1) is 0 Å². The predicted molar refractivity (Wildman–Crippen MR) is 65.5 cm³/mol. The molecule has 0 saturated heterocycles.